The molecule has 1 aromatic rings. The maximum absolute atomic E-state index is 11.9. The highest BCUT2D eigenvalue weighted by molar-refractivity contribution is 7.89. The van der Waals surface area contributed by atoms with Crippen molar-refractivity contribution in [2.75, 3.05) is 13.2 Å². The van der Waals surface area contributed by atoms with E-state index in [0.29, 0.717) is 13.2 Å². The molecular formula is C12H18N2O5S. The molecule has 0 aromatic carbocycles. The van der Waals surface area contributed by atoms with E-state index in [1.54, 1.807) is 0 Å². The van der Waals surface area contributed by atoms with Crippen LogP contribution in [0.1, 0.15) is 35.6 Å². The van der Waals surface area contributed by atoms with E-state index in [1.807, 2.05) is 0 Å². The molecule has 7 nitrogen and oxygen atoms in total. The highest BCUT2D eigenvalue weighted by Crippen LogP contribution is 2.18. The van der Waals surface area contributed by atoms with Gasteiger partial charge in [-0.3, -0.25) is 4.79 Å². The molecule has 1 saturated heterocycles. The fourth-order valence-electron chi connectivity index (χ4n) is 2.12. The number of primary sulfonamides is 1. The number of hydrogen-bond donors (Lipinski definition) is 2. The summed E-state index contributed by atoms with van der Waals surface area (Å²) in [7, 11) is -3.88. The predicted molar refractivity (Wildman–Crippen MR) is 70.7 cm³/mol. The third kappa shape index (κ3) is 3.59. The van der Waals surface area contributed by atoms with E-state index in [1.165, 1.54) is 6.92 Å². The summed E-state index contributed by atoms with van der Waals surface area (Å²) < 4.78 is 33.1. The predicted octanol–water partition coefficient (Wildman–Crippen LogP) is 0.534. The molecule has 8 heteroatoms. The van der Waals surface area contributed by atoms with Crippen molar-refractivity contribution in [2.24, 2.45) is 5.14 Å². The average molecular weight is 302 g/mol. The van der Waals surface area contributed by atoms with Crippen molar-refractivity contribution in [3.05, 3.63) is 17.6 Å². The first-order chi connectivity index (χ1) is 9.38. The number of ether oxygens (including phenoxy) is 1. The maximum atomic E-state index is 11.9. The fraction of sp³-hybridized carbons (Fsp3) is 0.583. The summed E-state index contributed by atoms with van der Waals surface area (Å²) in [6.07, 6.45) is 3.02. The van der Waals surface area contributed by atoms with Crippen LogP contribution in [-0.4, -0.2) is 33.6 Å². The molecule has 2 heterocycles. The van der Waals surface area contributed by atoms with Crippen molar-refractivity contribution in [2.45, 2.75) is 37.2 Å². The summed E-state index contributed by atoms with van der Waals surface area (Å²) in [5, 5.41) is 7.69. The van der Waals surface area contributed by atoms with Crippen LogP contribution >= 0.6 is 0 Å². The molecular weight excluding hydrogens is 284 g/mol. The van der Waals surface area contributed by atoms with Gasteiger partial charge < -0.3 is 14.5 Å². The molecule has 0 bridgehead atoms. The third-order valence-electron chi connectivity index (χ3n) is 3.17. The molecule has 1 atom stereocenters. The summed E-state index contributed by atoms with van der Waals surface area (Å²) in [6, 6.07) is 1.14. The Labute approximate surface area is 117 Å². The molecule has 1 aliphatic rings. The number of carbonyl (C=O) groups is 1. The summed E-state index contributed by atoms with van der Waals surface area (Å²) in [5.41, 5.74) is 0. The second kappa shape index (κ2) is 5.94. The highest BCUT2D eigenvalue weighted by atomic mass is 32.2. The van der Waals surface area contributed by atoms with Gasteiger partial charge in [0.25, 0.3) is 5.91 Å². The van der Waals surface area contributed by atoms with Crippen molar-refractivity contribution < 1.29 is 22.4 Å². The minimum atomic E-state index is -3.88. The van der Waals surface area contributed by atoms with E-state index >= 15 is 0 Å². The molecule has 1 aliphatic heterocycles. The van der Waals surface area contributed by atoms with Crippen LogP contribution in [0.2, 0.25) is 0 Å². The minimum absolute atomic E-state index is 0.00136. The monoisotopic (exact) mass is 302 g/mol. The molecule has 2 rings (SSSR count). The first-order valence-electron chi connectivity index (χ1n) is 6.41. The van der Waals surface area contributed by atoms with E-state index < -0.39 is 15.9 Å². The number of carbonyl (C=O) groups excluding carboxylic acids is 1. The molecule has 0 radical (unpaired) electrons. The number of aryl methyl sites for hydroxylation is 1. The van der Waals surface area contributed by atoms with Gasteiger partial charge >= 0.3 is 0 Å². The van der Waals surface area contributed by atoms with E-state index in [0.717, 1.165) is 25.3 Å². The van der Waals surface area contributed by atoms with Gasteiger partial charge in [0.15, 0.2) is 5.76 Å². The van der Waals surface area contributed by atoms with Crippen LogP contribution in [0, 0.1) is 6.92 Å². The number of nitrogens with one attached hydrogen (secondary N) is 1. The second-order valence-corrected chi connectivity index (χ2v) is 6.30. The normalized spacial score (nSPS) is 19.8. The van der Waals surface area contributed by atoms with Crippen LogP contribution < -0.4 is 10.5 Å². The molecule has 0 aliphatic carbocycles. The van der Waals surface area contributed by atoms with Crippen molar-refractivity contribution in [3.63, 3.8) is 0 Å². The topological polar surface area (TPSA) is 112 Å². The Morgan fingerprint density at radius 2 is 2.25 bits per heavy atom. The largest absolute Gasteiger partial charge is 0.455 e. The molecule has 1 fully saturated rings. The highest BCUT2D eigenvalue weighted by Gasteiger charge is 2.22. The van der Waals surface area contributed by atoms with Crippen molar-refractivity contribution >= 4 is 15.9 Å². The Kier molecular flexibility index (Phi) is 4.46. The lowest BCUT2D eigenvalue weighted by atomic mass is 10.1. The van der Waals surface area contributed by atoms with Crippen LogP contribution in [0.3, 0.4) is 0 Å². The summed E-state index contributed by atoms with van der Waals surface area (Å²) >= 11 is 0. The first-order valence-corrected chi connectivity index (χ1v) is 7.95. The Hall–Kier alpha value is -1.38. The van der Waals surface area contributed by atoms with Crippen molar-refractivity contribution in [1.82, 2.24) is 5.32 Å². The second-order valence-electron chi connectivity index (χ2n) is 4.77. The third-order valence-corrected chi connectivity index (χ3v) is 4.19. The molecule has 1 unspecified atom stereocenters. The van der Waals surface area contributed by atoms with Gasteiger partial charge in [-0.25, -0.2) is 13.6 Å². The van der Waals surface area contributed by atoms with Gasteiger partial charge in [-0.2, -0.15) is 0 Å². The molecule has 20 heavy (non-hydrogen) atoms. The maximum Gasteiger partial charge on any atom is 0.287 e. The zero-order chi connectivity index (χ0) is 14.8. The van der Waals surface area contributed by atoms with E-state index in [-0.39, 0.29) is 22.5 Å². The minimum Gasteiger partial charge on any atom is -0.455 e. The molecule has 0 saturated carbocycles. The summed E-state index contributed by atoms with van der Waals surface area (Å²) in [4.78, 5) is 11.7. The van der Waals surface area contributed by atoms with Crippen molar-refractivity contribution in [3.8, 4) is 0 Å². The Morgan fingerprint density at radius 3 is 2.80 bits per heavy atom. The van der Waals surface area contributed by atoms with Gasteiger partial charge in [0, 0.05) is 19.2 Å². The lowest BCUT2D eigenvalue weighted by molar-refractivity contribution is 0.0167. The summed E-state index contributed by atoms with van der Waals surface area (Å²) in [6.45, 7) is 2.53. The molecule has 112 valence electrons. The van der Waals surface area contributed by atoms with Gasteiger partial charge in [-0.1, -0.05) is 0 Å². The number of sulfonamides is 1. The number of nitrogens with two attached hydrogens (primary N) is 1. The Balaban J connectivity index is 1.99. The summed E-state index contributed by atoms with van der Waals surface area (Å²) in [5.74, 6) is -0.439. The van der Waals surface area contributed by atoms with Gasteiger partial charge in [-0.15, -0.1) is 0 Å². The zero-order valence-electron chi connectivity index (χ0n) is 11.2. The SMILES string of the molecule is Cc1oc(C(=O)NCC2CCCCO2)cc1S(N)(=O)=O. The smallest absolute Gasteiger partial charge is 0.287 e. The quantitative estimate of drug-likeness (QED) is 0.843. The van der Waals surface area contributed by atoms with E-state index in [2.05, 4.69) is 5.32 Å². The van der Waals surface area contributed by atoms with Crippen LogP contribution in [0.4, 0.5) is 0 Å². The molecule has 3 N–H and O–H groups in total. The molecule has 1 aromatic heterocycles. The molecule has 0 spiro atoms. The van der Waals surface area contributed by atoms with Gasteiger partial charge in [-0.05, 0) is 26.2 Å². The number of amides is 1. The fourth-order valence-corrected chi connectivity index (χ4v) is 2.84. The van der Waals surface area contributed by atoms with Crippen molar-refractivity contribution in [1.29, 1.82) is 0 Å². The standard InChI is InChI=1S/C12H18N2O5S/c1-8-11(20(13,16)17)6-10(19-8)12(15)14-7-9-4-2-3-5-18-9/h6,9H,2-5,7H2,1H3,(H,14,15)(H2,13,16,17). The van der Waals surface area contributed by atoms with Gasteiger partial charge in [0.1, 0.15) is 10.7 Å². The average Bonchev–Trinajstić information content (AvgIpc) is 2.79. The molecule has 1 amide bonds. The van der Waals surface area contributed by atoms with E-state index in [4.69, 9.17) is 14.3 Å². The lowest BCUT2D eigenvalue weighted by Crippen LogP contribution is -2.35. The lowest BCUT2D eigenvalue weighted by Gasteiger charge is -2.22. The first kappa shape index (κ1) is 15.0. The number of furan rings is 1. The number of hydrogen-bond acceptors (Lipinski definition) is 5. The van der Waals surface area contributed by atoms with E-state index in [9.17, 15) is 13.2 Å². The number of rotatable bonds is 4. The van der Waals surface area contributed by atoms with Crippen LogP contribution in [0.5, 0.6) is 0 Å². The van der Waals surface area contributed by atoms with Crippen LogP contribution in [0.25, 0.3) is 0 Å². The zero-order valence-corrected chi connectivity index (χ0v) is 12.0. The Morgan fingerprint density at radius 1 is 1.50 bits per heavy atom. The van der Waals surface area contributed by atoms with Gasteiger partial charge in [0.05, 0.1) is 6.10 Å². The Bertz CT molecular complexity index is 587. The van der Waals surface area contributed by atoms with Crippen LogP contribution in [-0.2, 0) is 14.8 Å². The van der Waals surface area contributed by atoms with Crippen LogP contribution in [0.15, 0.2) is 15.4 Å². The van der Waals surface area contributed by atoms with Gasteiger partial charge in [0.2, 0.25) is 10.0 Å².